The number of carbonyl (C=O) groups is 1. The van der Waals surface area contributed by atoms with Crippen molar-refractivity contribution in [3.63, 3.8) is 0 Å². The lowest BCUT2D eigenvalue weighted by atomic mass is 10.4. The fourth-order valence-corrected chi connectivity index (χ4v) is 3.22. The number of nitrogens with zero attached hydrogens (tertiary/aromatic N) is 3. The average Bonchev–Trinajstić information content (AvgIpc) is 2.89. The molecule has 0 fully saturated rings. The molecule has 23 heavy (non-hydrogen) atoms. The number of pyridine rings is 2. The van der Waals surface area contributed by atoms with Crippen LogP contribution in [-0.2, 0) is 0 Å². The van der Waals surface area contributed by atoms with Crippen molar-refractivity contribution in [3.8, 4) is 10.7 Å². The third-order valence-electron chi connectivity index (χ3n) is 2.83. The second-order valence-electron chi connectivity index (χ2n) is 4.60. The summed E-state index contributed by atoms with van der Waals surface area (Å²) in [6.45, 7) is 1.86. The molecular weight excluding hydrogens is 378 g/mol. The van der Waals surface area contributed by atoms with Crippen molar-refractivity contribution >= 4 is 44.9 Å². The number of hydrogen-bond donors (Lipinski definition) is 2. The van der Waals surface area contributed by atoms with E-state index in [9.17, 15) is 4.79 Å². The SMILES string of the molecule is Cc1cccc(NC(=O)Nc2nc(-c3ccccn3)sc2Br)n1. The van der Waals surface area contributed by atoms with E-state index in [4.69, 9.17) is 0 Å². The van der Waals surface area contributed by atoms with Gasteiger partial charge in [-0.15, -0.1) is 11.3 Å². The molecule has 116 valence electrons. The maximum atomic E-state index is 12.1. The molecule has 8 heteroatoms. The number of carbonyl (C=O) groups excluding carboxylic acids is 1. The number of halogens is 1. The van der Waals surface area contributed by atoms with Gasteiger partial charge in [0.2, 0.25) is 0 Å². The molecule has 3 rings (SSSR count). The van der Waals surface area contributed by atoms with Gasteiger partial charge in [0.1, 0.15) is 14.6 Å². The molecule has 6 nitrogen and oxygen atoms in total. The van der Waals surface area contributed by atoms with Crippen LogP contribution in [0.4, 0.5) is 16.4 Å². The summed E-state index contributed by atoms with van der Waals surface area (Å²) < 4.78 is 0.727. The molecule has 0 unspecified atom stereocenters. The van der Waals surface area contributed by atoms with Crippen LogP contribution in [0.25, 0.3) is 10.7 Å². The number of nitrogens with one attached hydrogen (secondary N) is 2. The molecule has 2 amide bonds. The first-order valence-corrected chi connectivity index (χ1v) is 8.32. The fraction of sp³-hybridized carbons (Fsp3) is 0.0667. The predicted octanol–water partition coefficient (Wildman–Crippen LogP) is 4.32. The molecule has 3 heterocycles. The minimum Gasteiger partial charge on any atom is -0.292 e. The number of anilines is 2. The first kappa shape index (κ1) is 15.6. The van der Waals surface area contributed by atoms with E-state index in [0.717, 1.165) is 20.2 Å². The van der Waals surface area contributed by atoms with Crippen molar-refractivity contribution in [1.82, 2.24) is 15.0 Å². The third kappa shape index (κ3) is 3.91. The van der Waals surface area contributed by atoms with Crippen LogP contribution in [0.2, 0.25) is 0 Å². The quantitative estimate of drug-likeness (QED) is 0.698. The molecule has 0 saturated heterocycles. The van der Waals surface area contributed by atoms with E-state index in [2.05, 4.69) is 41.5 Å². The van der Waals surface area contributed by atoms with Gasteiger partial charge in [0.25, 0.3) is 0 Å². The number of aromatic nitrogens is 3. The lowest BCUT2D eigenvalue weighted by molar-refractivity contribution is 0.262. The summed E-state index contributed by atoms with van der Waals surface area (Å²) in [7, 11) is 0. The van der Waals surface area contributed by atoms with Gasteiger partial charge >= 0.3 is 6.03 Å². The summed E-state index contributed by atoms with van der Waals surface area (Å²) in [5.41, 5.74) is 1.59. The maximum Gasteiger partial charge on any atom is 0.326 e. The third-order valence-corrected chi connectivity index (χ3v) is 4.56. The van der Waals surface area contributed by atoms with Crippen molar-refractivity contribution in [2.45, 2.75) is 6.92 Å². The number of rotatable bonds is 3. The minimum absolute atomic E-state index is 0.401. The van der Waals surface area contributed by atoms with Crippen molar-refractivity contribution in [1.29, 1.82) is 0 Å². The van der Waals surface area contributed by atoms with Crippen molar-refractivity contribution in [2.24, 2.45) is 0 Å². The molecule has 0 aliphatic rings. The number of aryl methyl sites for hydroxylation is 1. The summed E-state index contributed by atoms with van der Waals surface area (Å²) in [4.78, 5) is 24.9. The summed E-state index contributed by atoms with van der Waals surface area (Å²) in [6, 6.07) is 10.6. The lowest BCUT2D eigenvalue weighted by Gasteiger charge is -2.05. The van der Waals surface area contributed by atoms with E-state index in [1.165, 1.54) is 11.3 Å². The molecule has 0 bridgehead atoms. The van der Waals surface area contributed by atoms with E-state index in [0.29, 0.717) is 11.6 Å². The Balaban J connectivity index is 1.73. The molecular formula is C15H12BrN5OS. The Morgan fingerprint density at radius 1 is 1.13 bits per heavy atom. The summed E-state index contributed by atoms with van der Waals surface area (Å²) in [5.74, 6) is 0.930. The number of thiazole rings is 1. The van der Waals surface area contributed by atoms with Crippen molar-refractivity contribution < 1.29 is 4.79 Å². The Bertz CT molecular complexity index is 837. The first-order valence-electron chi connectivity index (χ1n) is 6.71. The molecule has 0 aliphatic carbocycles. The van der Waals surface area contributed by atoms with Crippen molar-refractivity contribution in [3.05, 3.63) is 52.1 Å². The van der Waals surface area contributed by atoms with Gasteiger partial charge in [-0.05, 0) is 47.1 Å². The summed E-state index contributed by atoms with van der Waals surface area (Å²) in [5, 5.41) is 6.10. The van der Waals surface area contributed by atoms with E-state index in [-0.39, 0.29) is 0 Å². The van der Waals surface area contributed by atoms with Gasteiger partial charge in [-0.25, -0.2) is 14.8 Å². The number of hydrogen-bond acceptors (Lipinski definition) is 5. The molecule has 2 N–H and O–H groups in total. The summed E-state index contributed by atoms with van der Waals surface area (Å²) in [6.07, 6.45) is 1.70. The molecule has 0 radical (unpaired) electrons. The van der Waals surface area contributed by atoms with E-state index in [1.807, 2.05) is 37.3 Å². The molecule has 0 spiro atoms. The topological polar surface area (TPSA) is 79.8 Å². The van der Waals surface area contributed by atoms with Gasteiger partial charge in [0, 0.05) is 11.9 Å². The Hall–Kier alpha value is -2.32. The van der Waals surface area contributed by atoms with Crippen LogP contribution in [0.15, 0.2) is 46.4 Å². The Morgan fingerprint density at radius 2 is 2.00 bits per heavy atom. The molecule has 0 saturated carbocycles. The molecule has 0 aromatic carbocycles. The maximum absolute atomic E-state index is 12.1. The second kappa shape index (κ2) is 6.84. The fourth-order valence-electron chi connectivity index (χ4n) is 1.85. The van der Waals surface area contributed by atoms with Gasteiger partial charge < -0.3 is 0 Å². The van der Waals surface area contributed by atoms with Crippen LogP contribution < -0.4 is 10.6 Å². The zero-order valence-corrected chi connectivity index (χ0v) is 14.5. The van der Waals surface area contributed by atoms with Gasteiger partial charge in [0.15, 0.2) is 5.82 Å². The monoisotopic (exact) mass is 389 g/mol. The van der Waals surface area contributed by atoms with Crippen LogP contribution in [0, 0.1) is 6.92 Å². The Labute approximate surface area is 145 Å². The van der Waals surface area contributed by atoms with Crippen LogP contribution in [0.1, 0.15) is 5.69 Å². The highest BCUT2D eigenvalue weighted by molar-refractivity contribution is 9.11. The second-order valence-corrected chi connectivity index (χ2v) is 6.92. The van der Waals surface area contributed by atoms with Crippen LogP contribution in [-0.4, -0.2) is 21.0 Å². The Morgan fingerprint density at radius 3 is 2.74 bits per heavy atom. The van der Waals surface area contributed by atoms with Crippen molar-refractivity contribution in [2.75, 3.05) is 10.6 Å². The van der Waals surface area contributed by atoms with Gasteiger partial charge in [-0.2, -0.15) is 0 Å². The van der Waals surface area contributed by atoms with E-state index < -0.39 is 6.03 Å². The zero-order valence-electron chi connectivity index (χ0n) is 12.1. The smallest absolute Gasteiger partial charge is 0.292 e. The highest BCUT2D eigenvalue weighted by Crippen LogP contribution is 2.34. The average molecular weight is 390 g/mol. The molecule has 3 aromatic heterocycles. The zero-order chi connectivity index (χ0) is 16.2. The minimum atomic E-state index is -0.401. The summed E-state index contributed by atoms with van der Waals surface area (Å²) >= 11 is 4.81. The van der Waals surface area contributed by atoms with Gasteiger partial charge in [-0.1, -0.05) is 12.1 Å². The number of urea groups is 1. The van der Waals surface area contributed by atoms with E-state index >= 15 is 0 Å². The standard InChI is InChI=1S/C15H12BrN5OS/c1-9-5-4-7-11(18-9)19-15(22)21-13-12(16)23-14(20-13)10-6-2-3-8-17-10/h2-8H,1H3,(H2,18,19,21,22). The highest BCUT2D eigenvalue weighted by atomic mass is 79.9. The molecule has 0 atom stereocenters. The van der Waals surface area contributed by atoms with Gasteiger partial charge in [0.05, 0.1) is 5.69 Å². The van der Waals surface area contributed by atoms with Gasteiger partial charge in [-0.3, -0.25) is 15.6 Å². The lowest BCUT2D eigenvalue weighted by Crippen LogP contribution is -2.20. The highest BCUT2D eigenvalue weighted by Gasteiger charge is 2.14. The normalized spacial score (nSPS) is 10.3. The number of amides is 2. The van der Waals surface area contributed by atoms with Crippen LogP contribution in [0.3, 0.4) is 0 Å². The van der Waals surface area contributed by atoms with Crippen LogP contribution in [0.5, 0.6) is 0 Å². The van der Waals surface area contributed by atoms with Crippen LogP contribution >= 0.6 is 27.3 Å². The predicted molar refractivity (Wildman–Crippen MR) is 94.7 cm³/mol. The Kier molecular flexibility index (Phi) is 4.63. The molecule has 0 aliphatic heterocycles. The first-order chi connectivity index (χ1) is 11.1. The largest absolute Gasteiger partial charge is 0.326 e. The van der Waals surface area contributed by atoms with E-state index in [1.54, 1.807) is 12.3 Å². The molecule has 3 aromatic rings.